The number of rotatable bonds is 7. The van der Waals surface area contributed by atoms with Crippen molar-refractivity contribution in [3.63, 3.8) is 0 Å². The quantitative estimate of drug-likeness (QED) is 0.467. The predicted molar refractivity (Wildman–Crippen MR) is 110 cm³/mol. The number of halogens is 1. The van der Waals surface area contributed by atoms with Crippen molar-refractivity contribution in [1.29, 1.82) is 0 Å². The largest absolute Gasteiger partial charge is 0.493 e. The highest BCUT2D eigenvalue weighted by atomic mass is 35.5. The van der Waals surface area contributed by atoms with Gasteiger partial charge in [-0.15, -0.1) is 0 Å². The third-order valence-corrected chi connectivity index (χ3v) is 4.25. The Morgan fingerprint density at radius 1 is 1.04 bits per heavy atom. The van der Waals surface area contributed by atoms with Crippen LogP contribution in [-0.2, 0) is 6.61 Å². The van der Waals surface area contributed by atoms with Gasteiger partial charge in [0.15, 0.2) is 11.5 Å². The Bertz CT molecular complexity index is 975. The number of methoxy groups -OCH3 is 1. The molecule has 3 rings (SSSR count). The minimum atomic E-state index is -0.379. The molecule has 0 aliphatic rings. The van der Waals surface area contributed by atoms with Crippen molar-refractivity contribution in [3.8, 4) is 11.5 Å². The summed E-state index contributed by atoms with van der Waals surface area (Å²) in [6.45, 7) is 0.418. The van der Waals surface area contributed by atoms with Crippen LogP contribution in [0.4, 0.5) is 0 Å². The van der Waals surface area contributed by atoms with Gasteiger partial charge in [0.25, 0.3) is 5.91 Å². The fraction of sp³-hybridized carbons (Fsp3) is 0.0909. The standard InChI is InChI=1S/C22H19ClN2O3/c1-27-20-12-11-17(13-21(20)28-15-16-7-3-2-4-8-16)14-24-25-22(26)18-9-5-6-10-19(18)23/h2-14H,15H2,1H3,(H,25,26)/b24-14-. The van der Waals surface area contributed by atoms with Gasteiger partial charge in [0.2, 0.25) is 0 Å². The molecule has 0 saturated heterocycles. The average Bonchev–Trinajstić information content (AvgIpc) is 2.73. The molecule has 6 heteroatoms. The number of nitrogens with one attached hydrogen (secondary N) is 1. The average molecular weight is 395 g/mol. The number of ether oxygens (including phenoxy) is 2. The summed E-state index contributed by atoms with van der Waals surface area (Å²) in [7, 11) is 1.59. The van der Waals surface area contributed by atoms with Crippen molar-refractivity contribution < 1.29 is 14.3 Å². The summed E-state index contributed by atoms with van der Waals surface area (Å²) >= 11 is 6.01. The van der Waals surface area contributed by atoms with Crippen molar-refractivity contribution >= 4 is 23.7 Å². The molecule has 0 atom stereocenters. The van der Waals surface area contributed by atoms with E-state index in [1.54, 1.807) is 43.5 Å². The van der Waals surface area contributed by atoms with E-state index in [9.17, 15) is 4.79 Å². The highest BCUT2D eigenvalue weighted by Crippen LogP contribution is 2.28. The minimum Gasteiger partial charge on any atom is -0.493 e. The Morgan fingerprint density at radius 2 is 1.79 bits per heavy atom. The SMILES string of the molecule is COc1ccc(/C=N\NC(=O)c2ccccc2Cl)cc1OCc1ccccc1. The van der Waals surface area contributed by atoms with Gasteiger partial charge in [-0.05, 0) is 41.5 Å². The zero-order valence-corrected chi connectivity index (χ0v) is 16.0. The minimum absolute atomic E-state index is 0.364. The van der Waals surface area contributed by atoms with Crippen LogP contribution in [0.2, 0.25) is 5.02 Å². The maximum absolute atomic E-state index is 12.1. The second kappa shape index (κ2) is 9.58. The molecule has 1 amide bonds. The Hall–Kier alpha value is -3.31. The number of hydrogen-bond acceptors (Lipinski definition) is 4. The molecule has 0 saturated carbocycles. The summed E-state index contributed by atoms with van der Waals surface area (Å²) in [4.78, 5) is 12.1. The molecule has 142 valence electrons. The van der Waals surface area contributed by atoms with Gasteiger partial charge in [0.05, 0.1) is 23.9 Å². The summed E-state index contributed by atoms with van der Waals surface area (Å²) in [5.41, 5.74) is 4.64. The van der Waals surface area contributed by atoms with Crippen molar-refractivity contribution in [2.45, 2.75) is 6.61 Å². The first-order valence-electron chi connectivity index (χ1n) is 8.60. The highest BCUT2D eigenvalue weighted by molar-refractivity contribution is 6.33. The lowest BCUT2D eigenvalue weighted by Gasteiger charge is -2.11. The molecular formula is C22H19ClN2O3. The van der Waals surface area contributed by atoms with Crippen LogP contribution >= 0.6 is 11.6 Å². The number of benzene rings is 3. The Labute approximate surface area is 168 Å². The first kappa shape index (κ1) is 19.5. The van der Waals surface area contributed by atoms with Gasteiger partial charge >= 0.3 is 0 Å². The molecule has 3 aromatic rings. The summed E-state index contributed by atoms with van der Waals surface area (Å²) in [6.07, 6.45) is 1.53. The molecule has 0 unspecified atom stereocenters. The molecule has 0 aliphatic carbocycles. The number of hydrogen-bond donors (Lipinski definition) is 1. The number of amides is 1. The Kier molecular flexibility index (Phi) is 6.65. The lowest BCUT2D eigenvalue weighted by Crippen LogP contribution is -2.17. The summed E-state index contributed by atoms with van der Waals surface area (Å²) < 4.78 is 11.2. The molecule has 0 aromatic heterocycles. The molecule has 0 bridgehead atoms. The number of nitrogens with zero attached hydrogens (tertiary/aromatic N) is 1. The zero-order valence-electron chi connectivity index (χ0n) is 15.3. The van der Waals surface area contributed by atoms with E-state index in [1.165, 1.54) is 6.21 Å². The van der Waals surface area contributed by atoms with Gasteiger partial charge in [-0.25, -0.2) is 5.43 Å². The van der Waals surface area contributed by atoms with Crippen LogP contribution in [0.25, 0.3) is 0 Å². The molecule has 0 spiro atoms. The summed E-state index contributed by atoms with van der Waals surface area (Å²) in [5, 5.41) is 4.37. The molecule has 3 aromatic carbocycles. The van der Waals surface area contributed by atoms with Gasteiger partial charge in [-0.3, -0.25) is 4.79 Å². The van der Waals surface area contributed by atoms with E-state index in [1.807, 2.05) is 36.4 Å². The number of hydrazone groups is 1. The number of carbonyl (C=O) groups is 1. The second-order valence-corrected chi connectivity index (χ2v) is 6.27. The van der Waals surface area contributed by atoms with Crippen LogP contribution in [0.15, 0.2) is 77.9 Å². The molecule has 28 heavy (non-hydrogen) atoms. The Morgan fingerprint density at radius 3 is 2.54 bits per heavy atom. The maximum Gasteiger partial charge on any atom is 0.272 e. The van der Waals surface area contributed by atoms with Crippen LogP contribution < -0.4 is 14.9 Å². The van der Waals surface area contributed by atoms with E-state index in [0.717, 1.165) is 11.1 Å². The third-order valence-electron chi connectivity index (χ3n) is 3.92. The van der Waals surface area contributed by atoms with Crippen LogP contribution in [0.5, 0.6) is 11.5 Å². The van der Waals surface area contributed by atoms with Gasteiger partial charge in [-0.2, -0.15) is 5.10 Å². The summed E-state index contributed by atoms with van der Waals surface area (Å²) in [5.74, 6) is 0.830. The van der Waals surface area contributed by atoms with Crippen LogP contribution in [0.3, 0.4) is 0 Å². The van der Waals surface area contributed by atoms with E-state index >= 15 is 0 Å². The summed E-state index contributed by atoms with van der Waals surface area (Å²) in [6, 6.07) is 22.0. The lowest BCUT2D eigenvalue weighted by molar-refractivity contribution is 0.0955. The normalized spacial score (nSPS) is 10.6. The molecule has 0 heterocycles. The van der Waals surface area contributed by atoms with Crippen LogP contribution in [0, 0.1) is 0 Å². The first-order chi connectivity index (χ1) is 13.7. The van der Waals surface area contributed by atoms with E-state index in [-0.39, 0.29) is 5.91 Å². The first-order valence-corrected chi connectivity index (χ1v) is 8.98. The Balaban J connectivity index is 1.67. The fourth-order valence-corrected chi connectivity index (χ4v) is 2.71. The van der Waals surface area contributed by atoms with E-state index in [4.69, 9.17) is 21.1 Å². The molecule has 5 nitrogen and oxygen atoms in total. The van der Waals surface area contributed by atoms with Crippen molar-refractivity contribution in [2.24, 2.45) is 5.10 Å². The molecular weight excluding hydrogens is 376 g/mol. The maximum atomic E-state index is 12.1. The topological polar surface area (TPSA) is 59.9 Å². The van der Waals surface area contributed by atoms with E-state index < -0.39 is 0 Å². The van der Waals surface area contributed by atoms with Crippen molar-refractivity contribution in [1.82, 2.24) is 5.43 Å². The monoisotopic (exact) mass is 394 g/mol. The lowest BCUT2D eigenvalue weighted by atomic mass is 10.2. The molecule has 1 N–H and O–H groups in total. The van der Waals surface area contributed by atoms with Crippen LogP contribution in [0.1, 0.15) is 21.5 Å². The second-order valence-electron chi connectivity index (χ2n) is 5.86. The van der Waals surface area contributed by atoms with Crippen molar-refractivity contribution in [2.75, 3.05) is 7.11 Å². The van der Waals surface area contributed by atoms with Gasteiger partial charge in [0, 0.05) is 0 Å². The molecule has 0 fully saturated rings. The van der Waals surface area contributed by atoms with E-state index in [0.29, 0.717) is 28.7 Å². The predicted octanol–water partition coefficient (Wildman–Crippen LogP) is 4.69. The molecule has 0 aliphatic heterocycles. The van der Waals surface area contributed by atoms with E-state index in [2.05, 4.69) is 10.5 Å². The fourth-order valence-electron chi connectivity index (χ4n) is 2.49. The van der Waals surface area contributed by atoms with Gasteiger partial charge in [0.1, 0.15) is 6.61 Å². The van der Waals surface area contributed by atoms with Crippen LogP contribution in [-0.4, -0.2) is 19.2 Å². The molecule has 0 radical (unpaired) electrons. The van der Waals surface area contributed by atoms with Gasteiger partial charge < -0.3 is 9.47 Å². The highest BCUT2D eigenvalue weighted by Gasteiger charge is 2.08. The number of carbonyl (C=O) groups excluding carboxylic acids is 1. The third kappa shape index (κ3) is 5.11. The zero-order chi connectivity index (χ0) is 19.8. The smallest absolute Gasteiger partial charge is 0.272 e. The van der Waals surface area contributed by atoms with Gasteiger partial charge in [-0.1, -0.05) is 54.1 Å². The van der Waals surface area contributed by atoms with Crippen molar-refractivity contribution in [3.05, 3.63) is 94.5 Å².